The van der Waals surface area contributed by atoms with Crippen molar-refractivity contribution < 1.29 is 24.1 Å². The second-order valence-electron chi connectivity index (χ2n) is 10.3. The monoisotopic (exact) mass is 480 g/mol. The molecule has 9 heteroatoms. The van der Waals surface area contributed by atoms with Gasteiger partial charge in [0.2, 0.25) is 5.91 Å². The minimum absolute atomic E-state index is 0.0241. The van der Waals surface area contributed by atoms with Gasteiger partial charge in [0.25, 0.3) is 0 Å². The number of aromatic nitrogens is 3. The van der Waals surface area contributed by atoms with Gasteiger partial charge in [0.15, 0.2) is 0 Å². The van der Waals surface area contributed by atoms with Crippen molar-refractivity contribution in [3.8, 4) is 17.0 Å². The summed E-state index contributed by atoms with van der Waals surface area (Å²) in [5.74, 6) is 1.07. The van der Waals surface area contributed by atoms with Crippen molar-refractivity contribution in [2.75, 3.05) is 38.4 Å². The molecule has 2 aliphatic heterocycles. The summed E-state index contributed by atoms with van der Waals surface area (Å²) < 4.78 is 20.4. The molecule has 2 aliphatic rings. The van der Waals surface area contributed by atoms with Crippen LogP contribution in [0, 0.1) is 5.41 Å². The number of rotatable bonds is 6. The molecule has 0 saturated carbocycles. The Morgan fingerprint density at radius 3 is 2.89 bits per heavy atom. The molecular formula is C26H32N4O5. The Labute approximate surface area is 204 Å². The first-order valence-electron chi connectivity index (χ1n) is 11.9. The number of fused-ring (bicyclic) bond motifs is 3. The zero-order valence-electron chi connectivity index (χ0n) is 20.7. The van der Waals surface area contributed by atoms with Gasteiger partial charge >= 0.3 is 0 Å². The molecule has 5 rings (SSSR count). The first-order chi connectivity index (χ1) is 16.7. The summed E-state index contributed by atoms with van der Waals surface area (Å²) in [5, 5.41) is 13.4. The van der Waals surface area contributed by atoms with E-state index >= 15 is 0 Å². The number of amides is 1. The molecule has 0 aromatic carbocycles. The highest BCUT2D eigenvalue weighted by atomic mass is 16.6. The van der Waals surface area contributed by atoms with Gasteiger partial charge in [0, 0.05) is 67.6 Å². The second-order valence-corrected chi connectivity index (χ2v) is 10.3. The molecule has 1 unspecified atom stereocenters. The predicted octanol–water partition coefficient (Wildman–Crippen LogP) is 3.18. The maximum absolute atomic E-state index is 11.6. The Balaban J connectivity index is 1.67. The van der Waals surface area contributed by atoms with Crippen LogP contribution in [0.1, 0.15) is 38.4 Å². The van der Waals surface area contributed by atoms with E-state index in [0.29, 0.717) is 38.7 Å². The zero-order chi connectivity index (χ0) is 24.8. The summed E-state index contributed by atoms with van der Waals surface area (Å²) in [7, 11) is 1.96. The number of carbonyl (C=O) groups excluding carboxylic acids is 1. The number of nitrogens with one attached hydrogen (secondary N) is 1. The minimum Gasteiger partial charge on any atom is -0.493 e. The second kappa shape index (κ2) is 8.89. The van der Waals surface area contributed by atoms with Crippen LogP contribution < -0.4 is 10.1 Å². The third-order valence-electron chi connectivity index (χ3n) is 6.73. The number of aryl methyl sites for hydroxylation is 1. The van der Waals surface area contributed by atoms with Crippen molar-refractivity contribution in [3.05, 3.63) is 35.8 Å². The van der Waals surface area contributed by atoms with Crippen molar-refractivity contribution >= 4 is 22.6 Å². The highest BCUT2D eigenvalue weighted by Crippen LogP contribution is 2.44. The third-order valence-corrected chi connectivity index (χ3v) is 6.73. The Morgan fingerprint density at radius 2 is 2.17 bits per heavy atom. The number of hydrogen-bond donors (Lipinski definition) is 2. The Bertz CT molecular complexity index is 1280. The van der Waals surface area contributed by atoms with E-state index in [4.69, 9.17) is 19.2 Å². The largest absolute Gasteiger partial charge is 0.493 e. The summed E-state index contributed by atoms with van der Waals surface area (Å²) in [6.45, 7) is 7.46. The van der Waals surface area contributed by atoms with Gasteiger partial charge in [-0.2, -0.15) is 0 Å². The van der Waals surface area contributed by atoms with Gasteiger partial charge in [-0.05, 0) is 6.07 Å². The van der Waals surface area contributed by atoms with Crippen LogP contribution in [0.3, 0.4) is 0 Å². The van der Waals surface area contributed by atoms with E-state index in [-0.39, 0.29) is 17.9 Å². The van der Waals surface area contributed by atoms with E-state index in [2.05, 4.69) is 10.3 Å². The average Bonchev–Trinajstić information content (AvgIpc) is 3.42. The van der Waals surface area contributed by atoms with E-state index in [1.54, 1.807) is 6.20 Å². The van der Waals surface area contributed by atoms with E-state index in [1.807, 2.05) is 43.8 Å². The van der Waals surface area contributed by atoms with Gasteiger partial charge in [0.1, 0.15) is 17.2 Å². The number of anilines is 1. The lowest BCUT2D eigenvalue weighted by Crippen LogP contribution is -2.37. The minimum atomic E-state index is -0.582. The number of ether oxygens (including phenoxy) is 3. The number of carbonyl (C=O) groups is 1. The van der Waals surface area contributed by atoms with Gasteiger partial charge in [0.05, 0.1) is 49.5 Å². The Hall–Kier alpha value is -3.01. The number of aliphatic hydroxyl groups is 1. The number of nitrogens with zero attached hydrogens (tertiary/aromatic N) is 3. The number of pyridine rings is 2. The molecule has 2 N–H and O–H groups in total. The van der Waals surface area contributed by atoms with Crippen molar-refractivity contribution in [1.29, 1.82) is 0 Å². The van der Waals surface area contributed by atoms with Crippen molar-refractivity contribution in [1.82, 2.24) is 14.5 Å². The third kappa shape index (κ3) is 4.39. The van der Waals surface area contributed by atoms with Gasteiger partial charge in [-0.1, -0.05) is 13.8 Å². The molecule has 186 valence electrons. The lowest BCUT2D eigenvalue weighted by molar-refractivity contribution is -0.114. The van der Waals surface area contributed by atoms with Crippen LogP contribution in [0.4, 0.5) is 5.82 Å². The smallest absolute Gasteiger partial charge is 0.222 e. The molecule has 3 aromatic heterocycles. The molecule has 35 heavy (non-hydrogen) atoms. The average molecular weight is 481 g/mol. The maximum atomic E-state index is 11.6. The van der Waals surface area contributed by atoms with Crippen LogP contribution in [0.15, 0.2) is 24.5 Å². The van der Waals surface area contributed by atoms with Crippen LogP contribution in [-0.2, 0) is 33.3 Å². The molecule has 1 fully saturated rings. The molecule has 0 bridgehead atoms. The van der Waals surface area contributed by atoms with Crippen LogP contribution in [0.25, 0.3) is 22.2 Å². The SMILES string of the molecule is CC(=O)Nc1cc2c(-c3cc(OCC(C)(C)CO)c4c(n3)C3(CCOC3)OCC4)cn(C)c2cn1. The van der Waals surface area contributed by atoms with E-state index < -0.39 is 5.60 Å². The van der Waals surface area contributed by atoms with E-state index in [0.717, 1.165) is 45.6 Å². The van der Waals surface area contributed by atoms with Crippen LogP contribution >= 0.6 is 0 Å². The quantitative estimate of drug-likeness (QED) is 0.558. The number of aliphatic hydroxyl groups excluding tert-OH is 1. The zero-order valence-corrected chi connectivity index (χ0v) is 20.7. The first kappa shape index (κ1) is 23.7. The maximum Gasteiger partial charge on any atom is 0.222 e. The summed E-state index contributed by atoms with van der Waals surface area (Å²) in [4.78, 5) is 21.1. The van der Waals surface area contributed by atoms with Crippen molar-refractivity contribution in [2.24, 2.45) is 12.5 Å². The number of hydrogen-bond acceptors (Lipinski definition) is 7. The topological polar surface area (TPSA) is 108 Å². The predicted molar refractivity (Wildman–Crippen MR) is 131 cm³/mol. The summed E-state index contributed by atoms with van der Waals surface area (Å²) in [6, 6.07) is 3.85. The van der Waals surface area contributed by atoms with E-state index in [9.17, 15) is 9.90 Å². The molecule has 1 saturated heterocycles. The lowest BCUT2D eigenvalue weighted by Gasteiger charge is -2.35. The molecule has 3 aromatic rings. The van der Waals surface area contributed by atoms with Gasteiger partial charge < -0.3 is 29.2 Å². The lowest BCUT2D eigenvalue weighted by atomic mass is 9.89. The van der Waals surface area contributed by atoms with Gasteiger partial charge in [-0.3, -0.25) is 4.79 Å². The van der Waals surface area contributed by atoms with Gasteiger partial charge in [-0.15, -0.1) is 0 Å². The normalized spacial score (nSPS) is 19.8. The molecule has 0 aliphatic carbocycles. The molecule has 1 amide bonds. The molecule has 1 spiro atoms. The van der Waals surface area contributed by atoms with Crippen molar-refractivity contribution in [3.63, 3.8) is 0 Å². The Kier molecular flexibility index (Phi) is 6.03. The molecule has 0 radical (unpaired) electrons. The van der Waals surface area contributed by atoms with Crippen LogP contribution in [-0.4, -0.2) is 58.6 Å². The molecule has 5 heterocycles. The fourth-order valence-electron chi connectivity index (χ4n) is 4.75. The molecule has 1 atom stereocenters. The van der Waals surface area contributed by atoms with Crippen LogP contribution in [0.5, 0.6) is 5.75 Å². The summed E-state index contributed by atoms with van der Waals surface area (Å²) in [6.07, 6.45) is 5.20. The Morgan fingerprint density at radius 1 is 1.34 bits per heavy atom. The highest BCUT2D eigenvalue weighted by molar-refractivity contribution is 5.98. The highest BCUT2D eigenvalue weighted by Gasteiger charge is 2.44. The van der Waals surface area contributed by atoms with Gasteiger partial charge in [-0.25, -0.2) is 9.97 Å². The standard InChI is InChI=1S/C26H32N4O5/c1-16(32)28-23-9-18-19(12-30(4)21(18)11-27-23)20-10-22(34-14-25(2,3)13-31)17-5-7-35-26(24(17)29-20)6-8-33-15-26/h9-12,31H,5-8,13-15H2,1-4H3,(H,27,28,32). The van der Waals surface area contributed by atoms with Crippen molar-refractivity contribution in [2.45, 2.75) is 39.2 Å². The van der Waals surface area contributed by atoms with Crippen LogP contribution in [0.2, 0.25) is 0 Å². The molecule has 9 nitrogen and oxygen atoms in total. The fourth-order valence-corrected chi connectivity index (χ4v) is 4.75. The summed E-state index contributed by atoms with van der Waals surface area (Å²) >= 11 is 0. The molecular weight excluding hydrogens is 448 g/mol. The summed E-state index contributed by atoms with van der Waals surface area (Å²) in [5.41, 5.74) is 3.53. The van der Waals surface area contributed by atoms with E-state index in [1.165, 1.54) is 6.92 Å². The first-order valence-corrected chi connectivity index (χ1v) is 11.9. The fraction of sp³-hybridized carbons (Fsp3) is 0.500.